The highest BCUT2D eigenvalue weighted by Gasteiger charge is 2.52. The molecular formula is C19H20N2O. The lowest BCUT2D eigenvalue weighted by molar-refractivity contribution is -0.134. The molecule has 1 N–H and O–H groups in total. The van der Waals surface area contributed by atoms with E-state index in [1.54, 1.807) is 0 Å². The number of nitrogens with zero attached hydrogens (tertiary/aromatic N) is 1. The zero-order valence-electron chi connectivity index (χ0n) is 12.5. The first-order chi connectivity index (χ1) is 10.8. The van der Waals surface area contributed by atoms with Crippen LogP contribution >= 0.6 is 0 Å². The van der Waals surface area contributed by atoms with Gasteiger partial charge in [-0.1, -0.05) is 60.7 Å². The predicted molar refractivity (Wildman–Crippen MR) is 86.3 cm³/mol. The Balaban J connectivity index is 1.78. The highest BCUT2D eigenvalue weighted by Crippen LogP contribution is 2.45. The zero-order valence-corrected chi connectivity index (χ0v) is 12.5. The van der Waals surface area contributed by atoms with E-state index in [1.807, 2.05) is 24.3 Å². The lowest BCUT2D eigenvalue weighted by atomic mass is 9.88. The summed E-state index contributed by atoms with van der Waals surface area (Å²) < 4.78 is 0. The van der Waals surface area contributed by atoms with Crippen molar-refractivity contribution in [3.8, 4) is 0 Å². The van der Waals surface area contributed by atoms with Crippen molar-refractivity contribution in [1.29, 1.82) is 0 Å². The number of amides is 1. The van der Waals surface area contributed by atoms with E-state index in [2.05, 4.69) is 46.6 Å². The molecule has 4 rings (SSSR count). The third-order valence-corrected chi connectivity index (χ3v) is 4.95. The van der Waals surface area contributed by atoms with Gasteiger partial charge in [0.15, 0.2) is 0 Å². The normalized spacial score (nSPS) is 27.7. The van der Waals surface area contributed by atoms with Crippen LogP contribution in [-0.2, 0) is 10.5 Å². The van der Waals surface area contributed by atoms with E-state index in [-0.39, 0.29) is 17.5 Å². The third-order valence-electron chi connectivity index (χ3n) is 4.95. The SMILES string of the molecule is O=C1C(c2ccccc2)CC2(c3ccccc3)NCCCN12. The summed E-state index contributed by atoms with van der Waals surface area (Å²) in [7, 11) is 0. The van der Waals surface area contributed by atoms with Crippen LogP contribution in [0.4, 0.5) is 0 Å². The Morgan fingerprint density at radius 2 is 1.68 bits per heavy atom. The van der Waals surface area contributed by atoms with Crippen molar-refractivity contribution in [1.82, 2.24) is 10.2 Å². The molecule has 0 radical (unpaired) electrons. The molecule has 2 aromatic carbocycles. The molecule has 2 unspecified atom stereocenters. The Hall–Kier alpha value is -2.13. The van der Waals surface area contributed by atoms with Gasteiger partial charge in [-0.3, -0.25) is 10.1 Å². The molecule has 2 heterocycles. The quantitative estimate of drug-likeness (QED) is 0.923. The lowest BCUT2D eigenvalue weighted by Gasteiger charge is -2.43. The van der Waals surface area contributed by atoms with Crippen molar-refractivity contribution >= 4 is 5.91 Å². The maximum absolute atomic E-state index is 13.0. The summed E-state index contributed by atoms with van der Waals surface area (Å²) in [6.45, 7) is 1.80. The van der Waals surface area contributed by atoms with E-state index in [4.69, 9.17) is 0 Å². The number of hydrogen-bond acceptors (Lipinski definition) is 2. The first-order valence-electron chi connectivity index (χ1n) is 7.98. The minimum absolute atomic E-state index is 0.0491. The van der Waals surface area contributed by atoms with E-state index in [9.17, 15) is 4.79 Å². The van der Waals surface area contributed by atoms with Crippen molar-refractivity contribution in [3.05, 3.63) is 71.8 Å². The van der Waals surface area contributed by atoms with Gasteiger partial charge in [-0.2, -0.15) is 0 Å². The number of benzene rings is 2. The molecule has 0 saturated carbocycles. The largest absolute Gasteiger partial charge is 0.320 e. The Morgan fingerprint density at radius 3 is 2.41 bits per heavy atom. The average molecular weight is 292 g/mol. The molecule has 0 bridgehead atoms. The van der Waals surface area contributed by atoms with E-state index in [0.29, 0.717) is 0 Å². The average Bonchev–Trinajstić information content (AvgIpc) is 2.91. The van der Waals surface area contributed by atoms with Gasteiger partial charge < -0.3 is 4.90 Å². The van der Waals surface area contributed by atoms with Gasteiger partial charge in [-0.25, -0.2) is 0 Å². The van der Waals surface area contributed by atoms with Crippen molar-refractivity contribution in [2.45, 2.75) is 24.4 Å². The summed E-state index contributed by atoms with van der Waals surface area (Å²) in [4.78, 5) is 15.1. The molecule has 0 aromatic heterocycles. The van der Waals surface area contributed by atoms with Gasteiger partial charge in [-0.15, -0.1) is 0 Å². The van der Waals surface area contributed by atoms with Crippen LogP contribution in [0.2, 0.25) is 0 Å². The van der Waals surface area contributed by atoms with E-state index in [1.165, 1.54) is 5.56 Å². The summed E-state index contributed by atoms with van der Waals surface area (Å²) in [6.07, 6.45) is 1.82. The van der Waals surface area contributed by atoms with Gasteiger partial charge in [0, 0.05) is 13.0 Å². The molecule has 2 aliphatic heterocycles. The molecule has 0 spiro atoms. The minimum atomic E-state index is -0.336. The summed E-state index contributed by atoms with van der Waals surface area (Å²) in [5.74, 6) is 0.203. The summed E-state index contributed by atoms with van der Waals surface area (Å²) in [5, 5.41) is 3.65. The predicted octanol–water partition coefficient (Wildman–Crippen LogP) is 2.85. The van der Waals surface area contributed by atoms with Crippen LogP contribution in [0.1, 0.15) is 29.9 Å². The monoisotopic (exact) mass is 292 g/mol. The Kier molecular flexibility index (Phi) is 3.23. The smallest absolute Gasteiger partial charge is 0.232 e. The first-order valence-corrected chi connectivity index (χ1v) is 7.98. The van der Waals surface area contributed by atoms with Crippen LogP contribution in [-0.4, -0.2) is 23.9 Å². The molecular weight excluding hydrogens is 272 g/mol. The van der Waals surface area contributed by atoms with E-state index >= 15 is 0 Å². The summed E-state index contributed by atoms with van der Waals surface area (Å²) in [6, 6.07) is 20.6. The number of carbonyl (C=O) groups excluding carboxylic acids is 1. The Bertz CT molecular complexity index is 670. The van der Waals surface area contributed by atoms with E-state index in [0.717, 1.165) is 31.5 Å². The topological polar surface area (TPSA) is 32.3 Å². The third kappa shape index (κ3) is 1.97. The number of hydrogen-bond donors (Lipinski definition) is 1. The molecule has 3 nitrogen and oxygen atoms in total. The molecule has 1 amide bonds. The minimum Gasteiger partial charge on any atom is -0.320 e. The van der Waals surface area contributed by atoms with Crippen LogP contribution in [0, 0.1) is 0 Å². The fraction of sp³-hybridized carbons (Fsp3) is 0.316. The second-order valence-electron chi connectivity index (χ2n) is 6.16. The molecule has 2 saturated heterocycles. The summed E-state index contributed by atoms with van der Waals surface area (Å²) >= 11 is 0. The molecule has 22 heavy (non-hydrogen) atoms. The van der Waals surface area contributed by atoms with Gasteiger partial charge in [0.05, 0.1) is 5.92 Å². The van der Waals surface area contributed by atoms with Gasteiger partial charge in [-0.05, 0) is 24.1 Å². The van der Waals surface area contributed by atoms with Gasteiger partial charge in [0.25, 0.3) is 0 Å². The molecule has 112 valence electrons. The molecule has 2 fully saturated rings. The van der Waals surface area contributed by atoms with Crippen LogP contribution in [0.25, 0.3) is 0 Å². The maximum atomic E-state index is 13.0. The number of carbonyl (C=O) groups is 1. The lowest BCUT2D eigenvalue weighted by Crippen LogP contribution is -2.58. The van der Waals surface area contributed by atoms with Crippen LogP contribution in [0.15, 0.2) is 60.7 Å². The Morgan fingerprint density at radius 1 is 1.00 bits per heavy atom. The molecule has 3 heteroatoms. The fourth-order valence-electron chi connectivity index (χ4n) is 3.91. The van der Waals surface area contributed by atoms with Crippen molar-refractivity contribution < 1.29 is 4.79 Å². The first kappa shape index (κ1) is 13.5. The Labute approximate surface area is 131 Å². The maximum Gasteiger partial charge on any atom is 0.232 e. The highest BCUT2D eigenvalue weighted by atomic mass is 16.2. The van der Waals surface area contributed by atoms with Gasteiger partial charge in [0.2, 0.25) is 5.91 Å². The van der Waals surface area contributed by atoms with Gasteiger partial charge in [0.1, 0.15) is 5.66 Å². The molecule has 2 atom stereocenters. The second-order valence-corrected chi connectivity index (χ2v) is 6.16. The van der Waals surface area contributed by atoms with E-state index < -0.39 is 0 Å². The van der Waals surface area contributed by atoms with Crippen molar-refractivity contribution in [2.24, 2.45) is 0 Å². The second kappa shape index (κ2) is 5.25. The van der Waals surface area contributed by atoms with Crippen molar-refractivity contribution in [2.75, 3.05) is 13.1 Å². The molecule has 2 aromatic rings. The van der Waals surface area contributed by atoms with Crippen LogP contribution < -0.4 is 5.32 Å². The van der Waals surface area contributed by atoms with Crippen molar-refractivity contribution in [3.63, 3.8) is 0 Å². The van der Waals surface area contributed by atoms with Gasteiger partial charge >= 0.3 is 0 Å². The highest BCUT2D eigenvalue weighted by molar-refractivity contribution is 5.87. The number of rotatable bonds is 2. The molecule has 0 aliphatic carbocycles. The zero-order chi connectivity index (χ0) is 15.0. The van der Waals surface area contributed by atoms with Crippen LogP contribution in [0.5, 0.6) is 0 Å². The van der Waals surface area contributed by atoms with Crippen LogP contribution in [0.3, 0.4) is 0 Å². The number of nitrogens with one attached hydrogen (secondary N) is 1. The standard InChI is InChI=1S/C19H20N2O/c22-18-17(15-8-3-1-4-9-15)14-19(16-10-5-2-6-11-16)20-12-7-13-21(18)19/h1-6,8-11,17,20H,7,12-14H2. The number of fused-ring (bicyclic) bond motifs is 1. The summed E-state index contributed by atoms with van der Waals surface area (Å²) in [5.41, 5.74) is 1.98. The molecule has 2 aliphatic rings. The fourth-order valence-corrected chi connectivity index (χ4v) is 3.91.